The molecule has 0 heterocycles. The minimum Gasteiger partial charge on any atom is -0.493 e. The average molecular weight is 497 g/mol. The number of carboxylic acid groups (broad SMARTS) is 1. The topological polar surface area (TPSA) is 72.8 Å². The number of hydrogen-bond acceptors (Lipinski definition) is 5. The Morgan fingerprint density at radius 2 is 1.69 bits per heavy atom. The van der Waals surface area contributed by atoms with Crippen LogP contribution in [0, 0.1) is 13.8 Å². The zero-order valence-electron chi connectivity index (χ0n) is 21.1. The summed E-state index contributed by atoms with van der Waals surface area (Å²) in [6.07, 6.45) is 10.1. The highest BCUT2D eigenvalue weighted by Crippen LogP contribution is 2.30. The number of ketones is 1. The van der Waals surface area contributed by atoms with Crippen LogP contribution in [0.15, 0.2) is 42.5 Å². The number of carbonyl (C=O) groups excluding carboxylic acids is 1. The van der Waals surface area contributed by atoms with Gasteiger partial charge in [0.15, 0.2) is 11.4 Å². The first-order valence-electron chi connectivity index (χ1n) is 12.3. The van der Waals surface area contributed by atoms with Gasteiger partial charge >= 0.3 is 5.97 Å². The predicted molar refractivity (Wildman–Crippen MR) is 143 cm³/mol. The van der Waals surface area contributed by atoms with E-state index in [2.05, 4.69) is 0 Å². The molecule has 0 atom stereocenters. The Morgan fingerprint density at radius 1 is 1.06 bits per heavy atom. The van der Waals surface area contributed by atoms with E-state index < -0.39 is 11.6 Å². The van der Waals surface area contributed by atoms with Crippen LogP contribution in [0.25, 0.3) is 6.08 Å². The lowest BCUT2D eigenvalue weighted by atomic mass is 10.0. The van der Waals surface area contributed by atoms with E-state index in [-0.39, 0.29) is 5.78 Å². The van der Waals surface area contributed by atoms with E-state index in [0.717, 1.165) is 33.4 Å². The average Bonchev–Trinajstić information content (AvgIpc) is 2.83. The number of aryl methyl sites for hydroxylation is 2. The molecule has 1 N–H and O–H groups in total. The zero-order valence-corrected chi connectivity index (χ0v) is 22.0. The molecule has 1 aliphatic carbocycles. The maximum Gasteiger partial charge on any atom is 0.347 e. The number of ether oxygens (including phenoxy) is 2. The lowest BCUT2D eigenvalue weighted by Crippen LogP contribution is -2.38. The molecule has 2 aromatic carbocycles. The number of carboxylic acids is 1. The molecular formula is C29H36O5S. The summed E-state index contributed by atoms with van der Waals surface area (Å²) in [4.78, 5) is 24.0. The van der Waals surface area contributed by atoms with E-state index in [1.807, 2.05) is 49.9 Å². The van der Waals surface area contributed by atoms with Crippen LogP contribution in [0.4, 0.5) is 0 Å². The summed E-state index contributed by atoms with van der Waals surface area (Å²) in [5.41, 5.74) is 1.75. The Balaban J connectivity index is 1.53. The van der Waals surface area contributed by atoms with Gasteiger partial charge in [0.2, 0.25) is 0 Å². The van der Waals surface area contributed by atoms with Gasteiger partial charge in [0.25, 0.3) is 0 Å². The minimum absolute atomic E-state index is 0.0907. The fourth-order valence-corrected chi connectivity index (χ4v) is 5.31. The second-order valence-electron chi connectivity index (χ2n) is 9.60. The van der Waals surface area contributed by atoms with E-state index in [1.54, 1.807) is 24.3 Å². The molecule has 1 saturated carbocycles. The minimum atomic E-state index is -1.33. The smallest absolute Gasteiger partial charge is 0.347 e. The van der Waals surface area contributed by atoms with Gasteiger partial charge in [-0.2, -0.15) is 11.8 Å². The van der Waals surface area contributed by atoms with Crippen molar-refractivity contribution in [3.8, 4) is 11.5 Å². The van der Waals surface area contributed by atoms with Crippen molar-refractivity contribution in [3.63, 3.8) is 0 Å². The van der Waals surface area contributed by atoms with Gasteiger partial charge in [-0.15, -0.1) is 0 Å². The van der Waals surface area contributed by atoms with Crippen molar-refractivity contribution in [1.29, 1.82) is 0 Å². The van der Waals surface area contributed by atoms with E-state index in [4.69, 9.17) is 9.47 Å². The second-order valence-corrected chi connectivity index (χ2v) is 11.0. The molecular weight excluding hydrogens is 460 g/mol. The van der Waals surface area contributed by atoms with Gasteiger partial charge in [-0.05, 0) is 99.7 Å². The van der Waals surface area contributed by atoms with Crippen LogP contribution in [0.1, 0.15) is 73.0 Å². The van der Waals surface area contributed by atoms with Gasteiger partial charge in [0, 0.05) is 16.6 Å². The van der Waals surface area contributed by atoms with Crippen molar-refractivity contribution >= 4 is 29.6 Å². The maximum atomic E-state index is 12.6. The normalized spacial score (nSPS) is 14.7. The summed E-state index contributed by atoms with van der Waals surface area (Å²) in [6.45, 7) is 7.45. The molecule has 0 radical (unpaired) electrons. The van der Waals surface area contributed by atoms with E-state index in [0.29, 0.717) is 17.9 Å². The molecule has 0 saturated heterocycles. The first-order chi connectivity index (χ1) is 16.7. The van der Waals surface area contributed by atoms with Crippen LogP contribution in [-0.4, -0.2) is 40.1 Å². The largest absolute Gasteiger partial charge is 0.493 e. The van der Waals surface area contributed by atoms with Gasteiger partial charge in [-0.1, -0.05) is 25.3 Å². The number of hydrogen-bond donors (Lipinski definition) is 1. The summed E-state index contributed by atoms with van der Waals surface area (Å²) >= 11 is 2.01. The fourth-order valence-electron chi connectivity index (χ4n) is 4.13. The molecule has 2 aromatic rings. The van der Waals surface area contributed by atoms with Crippen molar-refractivity contribution in [1.82, 2.24) is 0 Å². The molecule has 188 valence electrons. The fraction of sp³-hybridized carbons (Fsp3) is 0.448. The third kappa shape index (κ3) is 7.89. The maximum absolute atomic E-state index is 12.6. The molecule has 0 bridgehead atoms. The number of allylic oxidation sites excluding steroid dienone is 1. The highest BCUT2D eigenvalue weighted by Gasteiger charge is 2.30. The molecule has 3 rings (SSSR count). The quantitative estimate of drug-likeness (QED) is 0.208. The van der Waals surface area contributed by atoms with Crippen LogP contribution in [0.3, 0.4) is 0 Å². The number of benzene rings is 2. The molecule has 35 heavy (non-hydrogen) atoms. The van der Waals surface area contributed by atoms with E-state index in [1.165, 1.54) is 46.0 Å². The van der Waals surface area contributed by atoms with Crippen LogP contribution < -0.4 is 9.47 Å². The molecule has 1 fully saturated rings. The third-order valence-electron chi connectivity index (χ3n) is 6.18. The number of thioether (sulfide) groups is 1. The second kappa shape index (κ2) is 12.3. The molecule has 0 spiro atoms. The summed E-state index contributed by atoms with van der Waals surface area (Å²) in [5.74, 6) is 1.20. The Kier molecular flexibility index (Phi) is 9.44. The molecule has 0 aliphatic heterocycles. The van der Waals surface area contributed by atoms with Crippen molar-refractivity contribution in [2.45, 2.75) is 70.7 Å². The zero-order chi connectivity index (χ0) is 25.4. The predicted octanol–water partition coefficient (Wildman–Crippen LogP) is 6.89. The highest BCUT2D eigenvalue weighted by molar-refractivity contribution is 7.99. The molecule has 1 aliphatic rings. The van der Waals surface area contributed by atoms with Crippen molar-refractivity contribution < 1.29 is 24.2 Å². The van der Waals surface area contributed by atoms with Crippen LogP contribution >= 0.6 is 11.8 Å². The first kappa shape index (κ1) is 26.9. The van der Waals surface area contributed by atoms with E-state index >= 15 is 0 Å². The lowest BCUT2D eigenvalue weighted by molar-refractivity contribution is -0.152. The Morgan fingerprint density at radius 3 is 2.29 bits per heavy atom. The molecule has 0 aromatic heterocycles. The first-order valence-corrected chi connectivity index (χ1v) is 13.3. The van der Waals surface area contributed by atoms with Gasteiger partial charge in [0.1, 0.15) is 11.5 Å². The van der Waals surface area contributed by atoms with Gasteiger partial charge in [0.05, 0.1) is 6.61 Å². The Bertz CT molecular complexity index is 1030. The SMILES string of the molecule is Cc1cc(/C=C/C(=O)c2ccc(OCCSC3CCCCC3)cc2)cc(C)c1OC(C)(C)C(=O)O. The number of carbonyl (C=O) groups is 2. The summed E-state index contributed by atoms with van der Waals surface area (Å²) in [6, 6.07) is 11.0. The summed E-state index contributed by atoms with van der Waals surface area (Å²) < 4.78 is 11.6. The van der Waals surface area contributed by atoms with Gasteiger partial charge in [-0.3, -0.25) is 4.79 Å². The summed E-state index contributed by atoms with van der Waals surface area (Å²) in [7, 11) is 0. The summed E-state index contributed by atoms with van der Waals surface area (Å²) in [5, 5.41) is 10.1. The Labute approximate surface area is 212 Å². The van der Waals surface area contributed by atoms with Gasteiger partial charge < -0.3 is 14.6 Å². The van der Waals surface area contributed by atoms with E-state index in [9.17, 15) is 14.7 Å². The monoisotopic (exact) mass is 496 g/mol. The number of aliphatic carboxylic acids is 1. The molecule has 0 amide bonds. The van der Waals surface area contributed by atoms with Crippen LogP contribution in [0.2, 0.25) is 0 Å². The highest BCUT2D eigenvalue weighted by atomic mass is 32.2. The third-order valence-corrected chi connectivity index (χ3v) is 7.52. The van der Waals surface area contributed by atoms with Crippen LogP contribution in [-0.2, 0) is 4.79 Å². The van der Waals surface area contributed by atoms with Crippen molar-refractivity contribution in [3.05, 3.63) is 64.7 Å². The lowest BCUT2D eigenvalue weighted by Gasteiger charge is -2.24. The molecule has 0 unspecified atom stereocenters. The van der Waals surface area contributed by atoms with Crippen LogP contribution in [0.5, 0.6) is 11.5 Å². The van der Waals surface area contributed by atoms with Gasteiger partial charge in [-0.25, -0.2) is 4.79 Å². The molecule has 6 heteroatoms. The Hall–Kier alpha value is -2.73. The number of rotatable bonds is 11. The molecule has 5 nitrogen and oxygen atoms in total. The van der Waals surface area contributed by atoms with Crippen molar-refractivity contribution in [2.24, 2.45) is 0 Å². The van der Waals surface area contributed by atoms with Crippen molar-refractivity contribution in [2.75, 3.05) is 12.4 Å². The standard InChI is InChI=1S/C29H36O5S/c1-20-18-22(19-21(2)27(20)34-29(3,4)28(31)32)10-15-26(30)23-11-13-24(14-12-23)33-16-17-35-25-8-6-5-7-9-25/h10-15,18-19,25H,5-9,16-17H2,1-4H3,(H,31,32)/b15-10+.